The van der Waals surface area contributed by atoms with Crippen LogP contribution in [-0.2, 0) is 21.4 Å². The number of aromatic nitrogens is 1. The van der Waals surface area contributed by atoms with Crippen molar-refractivity contribution in [3.63, 3.8) is 0 Å². The second kappa shape index (κ2) is 10.3. The summed E-state index contributed by atoms with van der Waals surface area (Å²) in [7, 11) is -3.75. The van der Waals surface area contributed by atoms with Crippen LogP contribution in [0.2, 0.25) is 5.02 Å². The summed E-state index contributed by atoms with van der Waals surface area (Å²) in [5, 5.41) is 0.433. The van der Waals surface area contributed by atoms with Gasteiger partial charge in [0.05, 0.1) is 16.5 Å². The number of oxazole rings is 1. The van der Waals surface area contributed by atoms with E-state index in [0.29, 0.717) is 27.1 Å². The maximum atomic E-state index is 13.5. The number of benzene rings is 2. The predicted octanol–water partition coefficient (Wildman–Crippen LogP) is 3.01. The molecule has 1 atom stereocenters. The van der Waals surface area contributed by atoms with Gasteiger partial charge in [-0.1, -0.05) is 23.7 Å². The van der Waals surface area contributed by atoms with Gasteiger partial charge in [0.2, 0.25) is 15.9 Å². The first-order valence-electron chi connectivity index (χ1n) is 11.8. The van der Waals surface area contributed by atoms with Crippen molar-refractivity contribution in [2.75, 3.05) is 39.3 Å². The molecule has 36 heavy (non-hydrogen) atoms. The Hall–Kier alpha value is -2.18. The summed E-state index contributed by atoms with van der Waals surface area (Å²) in [5.74, 6) is -0.895. The Morgan fingerprint density at radius 1 is 1.08 bits per heavy atom. The number of hydrogen-bond acceptors (Lipinski definition) is 6. The quantitative estimate of drug-likeness (QED) is 0.434. The van der Waals surface area contributed by atoms with E-state index >= 15 is 0 Å². The Balaban J connectivity index is 1.41. The second-order valence-corrected chi connectivity index (χ2v) is 12.3. The lowest BCUT2D eigenvalue weighted by Gasteiger charge is -2.42. The fraction of sp³-hybridized carbons (Fsp3) is 0.417. The number of halogens is 2. The van der Waals surface area contributed by atoms with Gasteiger partial charge in [-0.2, -0.15) is 4.31 Å². The van der Waals surface area contributed by atoms with Crippen LogP contribution < -0.4 is 5.76 Å². The highest BCUT2D eigenvalue weighted by atomic mass is 79.9. The van der Waals surface area contributed by atoms with Crippen molar-refractivity contribution in [3.05, 3.63) is 62.5 Å². The van der Waals surface area contributed by atoms with E-state index in [1.54, 1.807) is 47.4 Å². The highest BCUT2D eigenvalue weighted by molar-refractivity contribution is 9.10. The normalized spacial score (nSPS) is 19.8. The van der Waals surface area contributed by atoms with Gasteiger partial charge >= 0.3 is 5.76 Å². The number of nitrogens with zero attached hydrogens (tertiary/aromatic N) is 4. The SMILES string of the molecule is O=C(Cn1c(=O)oc2ccc(Cl)cc21)N1CCN(S(=O)(=O)c2ccccc2Br)CC1CN1CCCC1. The zero-order chi connectivity index (χ0) is 25.4. The molecule has 9 nitrogen and oxygen atoms in total. The number of piperazine rings is 1. The van der Waals surface area contributed by atoms with Gasteiger partial charge < -0.3 is 14.2 Å². The highest BCUT2D eigenvalue weighted by Gasteiger charge is 2.38. The molecule has 0 N–H and O–H groups in total. The van der Waals surface area contributed by atoms with Crippen molar-refractivity contribution in [3.8, 4) is 0 Å². The molecule has 3 aromatic rings. The molecule has 12 heteroatoms. The lowest BCUT2D eigenvalue weighted by atomic mass is 10.1. The molecule has 0 spiro atoms. The van der Waals surface area contributed by atoms with Crippen molar-refractivity contribution >= 4 is 54.6 Å². The van der Waals surface area contributed by atoms with Crippen molar-refractivity contribution < 1.29 is 17.6 Å². The van der Waals surface area contributed by atoms with Crippen LogP contribution in [0.3, 0.4) is 0 Å². The Kier molecular flexibility index (Phi) is 7.28. The largest absolute Gasteiger partial charge is 0.420 e. The van der Waals surface area contributed by atoms with Gasteiger partial charge in [0.1, 0.15) is 6.54 Å². The van der Waals surface area contributed by atoms with Gasteiger partial charge in [-0.3, -0.25) is 9.36 Å². The van der Waals surface area contributed by atoms with Crippen LogP contribution in [0.5, 0.6) is 0 Å². The van der Waals surface area contributed by atoms with Gasteiger partial charge in [-0.15, -0.1) is 0 Å². The standard InChI is InChI=1S/C24H26BrClN4O5S/c25-19-5-1-2-6-22(19)36(33,34)28-11-12-29(18(15-28)14-27-9-3-4-10-27)23(31)16-30-20-13-17(26)7-8-21(20)35-24(30)32/h1-2,5-8,13,18H,3-4,9-12,14-16H2. The zero-order valence-electron chi connectivity index (χ0n) is 19.5. The van der Waals surface area contributed by atoms with Crippen molar-refractivity contribution in [1.82, 2.24) is 18.7 Å². The molecule has 192 valence electrons. The number of amides is 1. The molecular weight excluding hydrogens is 572 g/mol. The molecule has 0 radical (unpaired) electrons. The van der Waals surface area contributed by atoms with Crippen LogP contribution in [-0.4, -0.2) is 78.3 Å². The van der Waals surface area contributed by atoms with Crippen LogP contribution in [0.4, 0.5) is 0 Å². The van der Waals surface area contributed by atoms with E-state index in [-0.39, 0.29) is 43.0 Å². The monoisotopic (exact) mass is 596 g/mol. The first-order valence-corrected chi connectivity index (χ1v) is 14.4. The fourth-order valence-corrected chi connectivity index (χ4v) is 7.60. The summed E-state index contributed by atoms with van der Waals surface area (Å²) in [5.41, 5.74) is 0.808. The van der Waals surface area contributed by atoms with Gasteiger partial charge in [-0.25, -0.2) is 13.2 Å². The Morgan fingerprint density at radius 3 is 2.58 bits per heavy atom. The summed E-state index contributed by atoms with van der Waals surface area (Å²) >= 11 is 9.46. The number of sulfonamides is 1. The molecule has 2 aliphatic heterocycles. The molecule has 2 fully saturated rings. The summed E-state index contributed by atoms with van der Waals surface area (Å²) < 4.78 is 35.4. The highest BCUT2D eigenvalue weighted by Crippen LogP contribution is 2.27. The lowest BCUT2D eigenvalue weighted by molar-refractivity contribution is -0.136. The average Bonchev–Trinajstić information content (AvgIpc) is 3.47. The molecular formula is C24H26BrClN4O5S. The van der Waals surface area contributed by atoms with Crippen molar-refractivity contribution in [2.24, 2.45) is 0 Å². The van der Waals surface area contributed by atoms with Crippen molar-refractivity contribution in [1.29, 1.82) is 0 Å². The zero-order valence-corrected chi connectivity index (χ0v) is 22.6. The smallest absolute Gasteiger partial charge is 0.408 e. The van der Waals surface area contributed by atoms with Gasteiger partial charge in [0, 0.05) is 35.7 Å². The topological polar surface area (TPSA) is 96.1 Å². The molecule has 0 saturated carbocycles. The Morgan fingerprint density at radius 2 is 1.83 bits per heavy atom. The van der Waals surface area contributed by atoms with Gasteiger partial charge in [-0.05, 0) is 72.2 Å². The average molecular weight is 598 g/mol. The number of likely N-dealkylation sites (tertiary alicyclic amines) is 1. The maximum absolute atomic E-state index is 13.5. The molecule has 5 rings (SSSR count). The van der Waals surface area contributed by atoms with E-state index in [2.05, 4.69) is 20.8 Å². The minimum Gasteiger partial charge on any atom is -0.408 e. The third-order valence-corrected chi connectivity index (χ3v) is 9.92. The van der Waals surface area contributed by atoms with Crippen LogP contribution in [0.15, 0.2) is 61.0 Å². The molecule has 1 unspecified atom stereocenters. The van der Waals surface area contributed by atoms with Crippen molar-refractivity contribution in [2.45, 2.75) is 30.3 Å². The summed E-state index contributed by atoms with van der Waals surface area (Å²) in [6, 6.07) is 11.2. The predicted molar refractivity (Wildman–Crippen MR) is 140 cm³/mol. The number of rotatable bonds is 6. The lowest BCUT2D eigenvalue weighted by Crippen LogP contribution is -2.60. The number of hydrogen-bond donors (Lipinski definition) is 0. The molecule has 3 heterocycles. The number of carbonyl (C=O) groups is 1. The Bertz CT molecular complexity index is 1450. The van der Waals surface area contributed by atoms with E-state index in [1.165, 1.54) is 8.87 Å². The van der Waals surface area contributed by atoms with Crippen LogP contribution in [0.25, 0.3) is 11.1 Å². The summed E-state index contributed by atoms with van der Waals surface area (Å²) in [4.78, 5) is 30.2. The fourth-order valence-electron chi connectivity index (χ4n) is 5.00. The van der Waals surface area contributed by atoms with E-state index in [4.69, 9.17) is 16.0 Å². The van der Waals surface area contributed by atoms with Crippen LogP contribution >= 0.6 is 27.5 Å². The molecule has 2 aliphatic rings. The molecule has 2 aromatic carbocycles. The minimum atomic E-state index is -3.75. The summed E-state index contributed by atoms with van der Waals surface area (Å²) in [6.07, 6.45) is 2.16. The molecule has 0 aliphatic carbocycles. The first kappa shape index (κ1) is 25.5. The van der Waals surface area contributed by atoms with E-state index < -0.39 is 15.8 Å². The molecule has 0 bridgehead atoms. The van der Waals surface area contributed by atoms with Gasteiger partial charge in [0.15, 0.2) is 5.58 Å². The molecule has 1 amide bonds. The molecule has 2 saturated heterocycles. The van der Waals surface area contributed by atoms with Crippen LogP contribution in [0, 0.1) is 0 Å². The summed E-state index contributed by atoms with van der Waals surface area (Å²) in [6.45, 7) is 2.77. The maximum Gasteiger partial charge on any atom is 0.420 e. The minimum absolute atomic E-state index is 0.165. The third-order valence-electron chi connectivity index (χ3n) is 6.81. The number of fused-ring (bicyclic) bond motifs is 1. The van der Waals surface area contributed by atoms with Crippen LogP contribution in [0.1, 0.15) is 12.8 Å². The first-order chi connectivity index (χ1) is 17.2. The van der Waals surface area contributed by atoms with Gasteiger partial charge in [0.25, 0.3) is 0 Å². The van der Waals surface area contributed by atoms with E-state index in [1.807, 2.05) is 0 Å². The second-order valence-electron chi connectivity index (χ2n) is 9.11. The number of carbonyl (C=O) groups excluding carboxylic acids is 1. The van der Waals surface area contributed by atoms with E-state index in [0.717, 1.165) is 25.9 Å². The third kappa shape index (κ3) is 4.99. The molecule has 1 aromatic heterocycles. The van der Waals surface area contributed by atoms with E-state index in [9.17, 15) is 18.0 Å². The Labute approximate surface area is 222 Å².